The molecule has 0 saturated heterocycles. The predicted molar refractivity (Wildman–Crippen MR) is 120 cm³/mol. The average Bonchev–Trinajstić information content (AvgIpc) is 2.80. The standard InChI is InChI=1S/C25H28N2O3/c1-19(20-8-10-22(11-9-20)21-6-4-3-5-7-21)27-25(28)18-26-16-17-30-24-14-12-23(29-2)13-15-24/h3-15,19,26H,16-18H2,1-2H3,(H,27,28)/t19-/m0/s1. The van der Waals surface area contributed by atoms with E-state index in [1.807, 2.05) is 49.4 Å². The normalized spacial score (nSPS) is 11.5. The van der Waals surface area contributed by atoms with Crippen LogP contribution in [-0.2, 0) is 4.79 Å². The molecule has 5 heteroatoms. The molecule has 2 N–H and O–H groups in total. The van der Waals surface area contributed by atoms with E-state index in [2.05, 4.69) is 47.0 Å². The molecule has 0 aliphatic heterocycles. The van der Waals surface area contributed by atoms with Gasteiger partial charge >= 0.3 is 0 Å². The van der Waals surface area contributed by atoms with E-state index in [9.17, 15) is 4.79 Å². The number of carbonyl (C=O) groups is 1. The number of carbonyl (C=O) groups excluding carboxylic acids is 1. The van der Waals surface area contributed by atoms with Crippen LogP contribution < -0.4 is 20.1 Å². The molecule has 0 unspecified atom stereocenters. The van der Waals surface area contributed by atoms with Gasteiger partial charge in [-0.3, -0.25) is 4.79 Å². The van der Waals surface area contributed by atoms with Crippen LogP contribution in [0.2, 0.25) is 0 Å². The summed E-state index contributed by atoms with van der Waals surface area (Å²) in [5.41, 5.74) is 3.42. The molecule has 0 aliphatic rings. The van der Waals surface area contributed by atoms with Crippen molar-refractivity contribution in [3.63, 3.8) is 0 Å². The number of ether oxygens (including phenoxy) is 2. The van der Waals surface area contributed by atoms with Gasteiger partial charge in [0.1, 0.15) is 18.1 Å². The van der Waals surface area contributed by atoms with Crippen molar-refractivity contribution in [3.05, 3.63) is 84.4 Å². The summed E-state index contributed by atoms with van der Waals surface area (Å²) in [6.07, 6.45) is 0. The van der Waals surface area contributed by atoms with Crippen molar-refractivity contribution in [2.75, 3.05) is 26.8 Å². The van der Waals surface area contributed by atoms with Crippen molar-refractivity contribution >= 4 is 5.91 Å². The second-order valence-corrected chi connectivity index (χ2v) is 6.98. The van der Waals surface area contributed by atoms with Crippen LogP contribution in [0.4, 0.5) is 0 Å². The fourth-order valence-electron chi connectivity index (χ4n) is 3.09. The van der Waals surface area contributed by atoms with Crippen molar-refractivity contribution in [3.8, 4) is 22.6 Å². The minimum absolute atomic E-state index is 0.0425. The lowest BCUT2D eigenvalue weighted by Crippen LogP contribution is -2.36. The highest BCUT2D eigenvalue weighted by atomic mass is 16.5. The second kappa shape index (κ2) is 11.0. The highest BCUT2D eigenvalue weighted by Gasteiger charge is 2.09. The van der Waals surface area contributed by atoms with Gasteiger partial charge in [0.25, 0.3) is 0 Å². The first-order chi connectivity index (χ1) is 14.7. The summed E-state index contributed by atoms with van der Waals surface area (Å²) in [4.78, 5) is 12.2. The highest BCUT2D eigenvalue weighted by Crippen LogP contribution is 2.21. The Morgan fingerprint density at radius 3 is 2.17 bits per heavy atom. The maximum atomic E-state index is 12.2. The Hall–Kier alpha value is -3.31. The van der Waals surface area contributed by atoms with Crippen molar-refractivity contribution in [2.24, 2.45) is 0 Å². The summed E-state index contributed by atoms with van der Waals surface area (Å²) in [6, 6.07) is 25.9. The first-order valence-corrected chi connectivity index (χ1v) is 10.1. The van der Waals surface area contributed by atoms with E-state index < -0.39 is 0 Å². The van der Waals surface area contributed by atoms with Gasteiger partial charge in [0.2, 0.25) is 5.91 Å². The van der Waals surface area contributed by atoms with Crippen LogP contribution in [0.15, 0.2) is 78.9 Å². The zero-order chi connectivity index (χ0) is 21.2. The van der Waals surface area contributed by atoms with Crippen LogP contribution in [-0.4, -0.2) is 32.7 Å². The molecule has 0 aromatic heterocycles. The van der Waals surface area contributed by atoms with Gasteiger partial charge in [-0.1, -0.05) is 54.6 Å². The SMILES string of the molecule is COc1ccc(OCCNCC(=O)N[C@@H](C)c2ccc(-c3ccccc3)cc2)cc1. The molecule has 0 bridgehead atoms. The van der Waals surface area contributed by atoms with Crippen LogP contribution >= 0.6 is 0 Å². The van der Waals surface area contributed by atoms with E-state index >= 15 is 0 Å². The molecule has 5 nitrogen and oxygen atoms in total. The highest BCUT2D eigenvalue weighted by molar-refractivity contribution is 5.78. The third-order valence-electron chi connectivity index (χ3n) is 4.79. The zero-order valence-corrected chi connectivity index (χ0v) is 17.4. The molecule has 0 radical (unpaired) electrons. The monoisotopic (exact) mass is 404 g/mol. The van der Waals surface area contributed by atoms with Crippen molar-refractivity contribution in [1.82, 2.24) is 10.6 Å². The first-order valence-electron chi connectivity index (χ1n) is 10.1. The van der Waals surface area contributed by atoms with Crippen molar-refractivity contribution in [1.29, 1.82) is 0 Å². The molecule has 1 atom stereocenters. The lowest BCUT2D eigenvalue weighted by Gasteiger charge is -2.15. The maximum absolute atomic E-state index is 12.2. The third-order valence-corrected chi connectivity index (χ3v) is 4.79. The Morgan fingerprint density at radius 1 is 0.867 bits per heavy atom. The van der Waals surface area contributed by atoms with Gasteiger partial charge in [0.05, 0.1) is 19.7 Å². The van der Waals surface area contributed by atoms with Gasteiger partial charge < -0.3 is 20.1 Å². The van der Waals surface area contributed by atoms with Gasteiger partial charge in [-0.15, -0.1) is 0 Å². The Labute approximate surface area is 178 Å². The number of benzene rings is 3. The molecule has 3 aromatic carbocycles. The van der Waals surface area contributed by atoms with Gasteiger partial charge in [0, 0.05) is 6.54 Å². The maximum Gasteiger partial charge on any atom is 0.234 e. The van der Waals surface area contributed by atoms with Crippen LogP contribution in [0.5, 0.6) is 11.5 Å². The van der Waals surface area contributed by atoms with E-state index in [1.54, 1.807) is 7.11 Å². The van der Waals surface area contributed by atoms with E-state index in [0.717, 1.165) is 22.6 Å². The zero-order valence-electron chi connectivity index (χ0n) is 17.4. The average molecular weight is 405 g/mol. The van der Waals surface area contributed by atoms with E-state index in [1.165, 1.54) is 5.56 Å². The molecule has 30 heavy (non-hydrogen) atoms. The van der Waals surface area contributed by atoms with Gasteiger partial charge in [-0.2, -0.15) is 0 Å². The van der Waals surface area contributed by atoms with Crippen molar-refractivity contribution < 1.29 is 14.3 Å². The molecule has 0 fully saturated rings. The summed E-state index contributed by atoms with van der Waals surface area (Å²) in [5.74, 6) is 1.52. The van der Waals surface area contributed by atoms with Crippen LogP contribution in [0.25, 0.3) is 11.1 Å². The first kappa shape index (κ1) is 21.4. The Bertz CT molecular complexity index is 909. The molecule has 3 rings (SSSR count). The van der Waals surface area contributed by atoms with E-state index in [0.29, 0.717) is 13.2 Å². The molecule has 1 amide bonds. The summed E-state index contributed by atoms with van der Waals surface area (Å²) in [5, 5.41) is 6.12. The molecule has 156 valence electrons. The smallest absolute Gasteiger partial charge is 0.234 e. The molecule has 3 aromatic rings. The molecular weight excluding hydrogens is 376 g/mol. The largest absolute Gasteiger partial charge is 0.497 e. The van der Waals surface area contributed by atoms with Gasteiger partial charge in [0.15, 0.2) is 0 Å². The van der Waals surface area contributed by atoms with Crippen LogP contribution in [0.1, 0.15) is 18.5 Å². The predicted octanol–water partition coefficient (Wildman–Crippen LogP) is 4.21. The van der Waals surface area contributed by atoms with Crippen molar-refractivity contribution in [2.45, 2.75) is 13.0 Å². The number of rotatable bonds is 10. The van der Waals surface area contributed by atoms with E-state index in [-0.39, 0.29) is 18.5 Å². The molecule has 0 heterocycles. The van der Waals surface area contributed by atoms with Crippen LogP contribution in [0, 0.1) is 0 Å². The van der Waals surface area contributed by atoms with Gasteiger partial charge in [-0.05, 0) is 47.9 Å². The number of hydrogen-bond acceptors (Lipinski definition) is 4. The summed E-state index contributed by atoms with van der Waals surface area (Å²) < 4.78 is 10.8. The van der Waals surface area contributed by atoms with Gasteiger partial charge in [-0.25, -0.2) is 0 Å². The number of methoxy groups -OCH3 is 1. The summed E-state index contributed by atoms with van der Waals surface area (Å²) >= 11 is 0. The quantitative estimate of drug-likeness (QED) is 0.497. The number of amides is 1. The topological polar surface area (TPSA) is 59.6 Å². The number of hydrogen-bond donors (Lipinski definition) is 2. The Balaban J connectivity index is 1.37. The fraction of sp³-hybridized carbons (Fsp3) is 0.240. The summed E-state index contributed by atoms with van der Waals surface area (Å²) in [7, 11) is 1.63. The molecule has 0 spiro atoms. The Morgan fingerprint density at radius 2 is 1.50 bits per heavy atom. The van der Waals surface area contributed by atoms with E-state index in [4.69, 9.17) is 9.47 Å². The lowest BCUT2D eigenvalue weighted by molar-refractivity contribution is -0.120. The fourth-order valence-corrected chi connectivity index (χ4v) is 3.09. The third kappa shape index (κ3) is 6.36. The summed E-state index contributed by atoms with van der Waals surface area (Å²) in [6.45, 7) is 3.30. The molecule has 0 aliphatic carbocycles. The molecule has 0 saturated carbocycles. The lowest BCUT2D eigenvalue weighted by atomic mass is 10.0. The number of nitrogens with one attached hydrogen (secondary N) is 2. The molecular formula is C25H28N2O3. The minimum atomic E-state index is -0.0559. The minimum Gasteiger partial charge on any atom is -0.497 e. The second-order valence-electron chi connectivity index (χ2n) is 6.98. The van der Waals surface area contributed by atoms with Crippen LogP contribution in [0.3, 0.4) is 0 Å². The Kier molecular flexibility index (Phi) is 7.86.